The van der Waals surface area contributed by atoms with Gasteiger partial charge in [-0.15, -0.1) is 0 Å². The number of carbonyl (C=O) groups excluding carboxylic acids is 1. The number of carbonyl (C=O) groups is 1. The molecular formula is C12H11F3O2. The number of benzene rings is 1. The van der Waals surface area contributed by atoms with E-state index in [9.17, 15) is 18.0 Å². The summed E-state index contributed by atoms with van der Waals surface area (Å²) in [5.74, 6) is -0.535. The molecule has 0 saturated heterocycles. The Bertz CT molecular complexity index is 436. The first-order chi connectivity index (χ1) is 7.84. The Kier molecular flexibility index (Phi) is 3.93. The van der Waals surface area contributed by atoms with Crippen LogP contribution >= 0.6 is 0 Å². The van der Waals surface area contributed by atoms with E-state index in [4.69, 9.17) is 0 Å². The molecule has 0 N–H and O–H groups in total. The van der Waals surface area contributed by atoms with Gasteiger partial charge in [-0.25, -0.2) is 0 Å². The summed E-state index contributed by atoms with van der Waals surface area (Å²) in [4.78, 5) is 11.0. The van der Waals surface area contributed by atoms with Crippen LogP contribution in [0.1, 0.15) is 17.5 Å². The maximum absolute atomic E-state index is 12.4. The van der Waals surface area contributed by atoms with Crippen molar-refractivity contribution in [3.63, 3.8) is 0 Å². The van der Waals surface area contributed by atoms with Gasteiger partial charge in [-0.2, -0.15) is 13.2 Å². The summed E-state index contributed by atoms with van der Waals surface area (Å²) in [6, 6.07) is 4.68. The lowest BCUT2D eigenvalue weighted by Gasteiger charge is -2.09. The van der Waals surface area contributed by atoms with E-state index in [-0.39, 0.29) is 12.0 Å². The zero-order chi connectivity index (χ0) is 13.1. The lowest BCUT2D eigenvalue weighted by molar-refractivity contribution is -0.139. The van der Waals surface area contributed by atoms with Gasteiger partial charge in [-0.05, 0) is 23.3 Å². The lowest BCUT2D eigenvalue weighted by Crippen LogP contribution is -2.06. The third kappa shape index (κ3) is 3.62. The van der Waals surface area contributed by atoms with Gasteiger partial charge in [0.1, 0.15) is 0 Å². The van der Waals surface area contributed by atoms with Crippen LogP contribution in [0.4, 0.5) is 13.2 Å². The van der Waals surface area contributed by atoms with Crippen molar-refractivity contribution in [1.29, 1.82) is 0 Å². The number of methoxy groups -OCH3 is 1. The largest absolute Gasteiger partial charge is 0.469 e. The third-order valence-corrected chi connectivity index (χ3v) is 2.18. The second-order valence-corrected chi connectivity index (χ2v) is 3.44. The molecule has 17 heavy (non-hydrogen) atoms. The molecule has 1 aromatic rings. The molecule has 0 bridgehead atoms. The number of halogens is 3. The number of ether oxygens (including phenoxy) is 1. The molecule has 1 rings (SSSR count). The monoisotopic (exact) mass is 244 g/mol. The van der Waals surface area contributed by atoms with Crippen molar-refractivity contribution >= 4 is 11.5 Å². The van der Waals surface area contributed by atoms with E-state index in [0.29, 0.717) is 5.57 Å². The second kappa shape index (κ2) is 5.03. The molecule has 0 unspecified atom stereocenters. The highest BCUT2D eigenvalue weighted by Crippen LogP contribution is 2.31. The molecule has 0 aliphatic heterocycles. The molecule has 0 heterocycles. The number of alkyl halides is 3. The summed E-state index contributed by atoms with van der Waals surface area (Å²) in [7, 11) is 1.21. The van der Waals surface area contributed by atoms with Crippen LogP contribution in [-0.2, 0) is 15.7 Å². The molecule has 2 nitrogen and oxygen atoms in total. The van der Waals surface area contributed by atoms with Crippen LogP contribution in [0.15, 0.2) is 30.8 Å². The predicted molar refractivity (Wildman–Crippen MR) is 57.1 cm³/mol. The van der Waals surface area contributed by atoms with Crippen LogP contribution in [0.2, 0.25) is 0 Å². The Morgan fingerprint density at radius 2 is 2.06 bits per heavy atom. The highest BCUT2D eigenvalue weighted by Gasteiger charge is 2.30. The Morgan fingerprint density at radius 3 is 2.59 bits per heavy atom. The van der Waals surface area contributed by atoms with Crippen LogP contribution in [0.5, 0.6) is 0 Å². The molecule has 92 valence electrons. The average Bonchev–Trinajstić information content (AvgIpc) is 2.28. The Balaban J connectivity index is 2.92. The van der Waals surface area contributed by atoms with Crippen LogP contribution in [0, 0.1) is 0 Å². The van der Waals surface area contributed by atoms with Crippen LogP contribution in [-0.4, -0.2) is 13.1 Å². The normalized spacial score (nSPS) is 11.1. The highest BCUT2D eigenvalue weighted by atomic mass is 19.4. The zero-order valence-corrected chi connectivity index (χ0v) is 9.17. The van der Waals surface area contributed by atoms with E-state index in [1.54, 1.807) is 0 Å². The van der Waals surface area contributed by atoms with E-state index in [0.717, 1.165) is 12.1 Å². The first kappa shape index (κ1) is 13.3. The van der Waals surface area contributed by atoms with Gasteiger partial charge in [-0.1, -0.05) is 18.7 Å². The van der Waals surface area contributed by atoms with Crippen molar-refractivity contribution in [3.8, 4) is 0 Å². The van der Waals surface area contributed by atoms with Crippen molar-refractivity contribution in [2.75, 3.05) is 7.11 Å². The van der Waals surface area contributed by atoms with Gasteiger partial charge in [0.05, 0.1) is 19.1 Å². The first-order valence-corrected chi connectivity index (χ1v) is 4.77. The third-order valence-electron chi connectivity index (χ3n) is 2.18. The fraction of sp³-hybridized carbons (Fsp3) is 0.250. The number of hydrogen-bond donors (Lipinski definition) is 0. The fourth-order valence-corrected chi connectivity index (χ4v) is 1.26. The van der Waals surface area contributed by atoms with E-state index < -0.39 is 17.7 Å². The first-order valence-electron chi connectivity index (χ1n) is 4.77. The van der Waals surface area contributed by atoms with Gasteiger partial charge in [0.25, 0.3) is 0 Å². The summed E-state index contributed by atoms with van der Waals surface area (Å²) < 4.78 is 41.7. The highest BCUT2D eigenvalue weighted by molar-refractivity contribution is 5.84. The Morgan fingerprint density at radius 1 is 1.41 bits per heavy atom. The van der Waals surface area contributed by atoms with E-state index >= 15 is 0 Å². The summed E-state index contributed by atoms with van der Waals surface area (Å²) in [5, 5.41) is 0. The van der Waals surface area contributed by atoms with Crippen molar-refractivity contribution in [2.24, 2.45) is 0 Å². The van der Waals surface area contributed by atoms with Crippen LogP contribution in [0.3, 0.4) is 0 Å². The quantitative estimate of drug-likeness (QED) is 0.763. The van der Waals surface area contributed by atoms with Gasteiger partial charge >= 0.3 is 12.1 Å². The topological polar surface area (TPSA) is 26.3 Å². The smallest absolute Gasteiger partial charge is 0.416 e. The molecule has 0 radical (unpaired) electrons. The van der Waals surface area contributed by atoms with Crippen LogP contribution in [0.25, 0.3) is 5.57 Å². The molecule has 0 saturated carbocycles. The van der Waals surface area contributed by atoms with Crippen molar-refractivity contribution < 1.29 is 22.7 Å². The maximum Gasteiger partial charge on any atom is 0.416 e. The molecule has 0 spiro atoms. The van der Waals surface area contributed by atoms with Gasteiger partial charge in [0, 0.05) is 0 Å². The summed E-state index contributed by atoms with van der Waals surface area (Å²) in [5.41, 5.74) is -0.186. The van der Waals surface area contributed by atoms with Crippen LogP contribution < -0.4 is 0 Å². The Hall–Kier alpha value is -1.78. The molecule has 0 fully saturated rings. The lowest BCUT2D eigenvalue weighted by atomic mass is 10.0. The van der Waals surface area contributed by atoms with Gasteiger partial charge < -0.3 is 4.74 Å². The summed E-state index contributed by atoms with van der Waals surface area (Å²) in [6.45, 7) is 3.57. The maximum atomic E-state index is 12.4. The number of hydrogen-bond acceptors (Lipinski definition) is 2. The number of rotatable bonds is 3. The molecule has 0 atom stereocenters. The molecular weight excluding hydrogens is 233 g/mol. The molecule has 0 aliphatic rings. The van der Waals surface area contributed by atoms with Gasteiger partial charge in [-0.3, -0.25) is 4.79 Å². The van der Waals surface area contributed by atoms with Gasteiger partial charge in [0.15, 0.2) is 0 Å². The average molecular weight is 244 g/mol. The van der Waals surface area contributed by atoms with E-state index in [1.165, 1.54) is 19.2 Å². The Labute approximate surface area is 96.7 Å². The fourth-order valence-electron chi connectivity index (χ4n) is 1.26. The van der Waals surface area contributed by atoms with Crippen molar-refractivity contribution in [3.05, 3.63) is 42.0 Å². The molecule has 0 aromatic heterocycles. The summed E-state index contributed by atoms with van der Waals surface area (Å²) in [6.07, 6.45) is -4.53. The van der Waals surface area contributed by atoms with Crippen molar-refractivity contribution in [2.45, 2.75) is 12.6 Å². The van der Waals surface area contributed by atoms with Gasteiger partial charge in [0.2, 0.25) is 0 Å². The SMILES string of the molecule is C=C(CC(=O)OC)c1cccc(C(F)(F)F)c1. The minimum absolute atomic E-state index is 0.127. The van der Waals surface area contributed by atoms with E-state index in [2.05, 4.69) is 11.3 Å². The number of esters is 1. The molecule has 1 aromatic carbocycles. The molecule has 5 heteroatoms. The minimum Gasteiger partial charge on any atom is -0.469 e. The molecule has 0 amide bonds. The second-order valence-electron chi connectivity index (χ2n) is 3.44. The minimum atomic E-state index is -4.40. The van der Waals surface area contributed by atoms with E-state index in [1.807, 2.05) is 0 Å². The zero-order valence-electron chi connectivity index (χ0n) is 9.17. The summed E-state index contributed by atoms with van der Waals surface area (Å²) >= 11 is 0. The molecule has 0 aliphatic carbocycles. The van der Waals surface area contributed by atoms with Crippen molar-refractivity contribution in [1.82, 2.24) is 0 Å². The standard InChI is InChI=1S/C12H11F3O2/c1-8(6-11(16)17-2)9-4-3-5-10(7-9)12(13,14)15/h3-5,7H,1,6H2,2H3. The predicted octanol–water partition coefficient (Wildman–Crippen LogP) is 3.28.